The molecule has 0 spiro atoms. The van der Waals surface area contributed by atoms with Crippen LogP contribution >= 0.6 is 11.6 Å². The van der Waals surface area contributed by atoms with E-state index >= 15 is 0 Å². The Morgan fingerprint density at radius 3 is 2.75 bits per heavy atom. The van der Waals surface area contributed by atoms with Gasteiger partial charge in [-0.25, -0.2) is 13.5 Å². The molecule has 0 saturated carbocycles. The van der Waals surface area contributed by atoms with E-state index in [9.17, 15) is 18.4 Å². The number of aryl methyl sites for hydroxylation is 1. The topological polar surface area (TPSA) is 64.0 Å². The van der Waals surface area contributed by atoms with E-state index in [1.165, 1.54) is 16.8 Å². The molecule has 5 nitrogen and oxygen atoms in total. The van der Waals surface area contributed by atoms with Crippen molar-refractivity contribution in [3.63, 3.8) is 0 Å². The number of carbonyl (C=O) groups excluding carboxylic acids is 2. The minimum absolute atomic E-state index is 0.0260. The number of aromatic nitrogens is 2. The van der Waals surface area contributed by atoms with Crippen LogP contribution in [0.5, 0.6) is 0 Å². The van der Waals surface area contributed by atoms with Crippen molar-refractivity contribution in [2.45, 2.75) is 19.3 Å². The van der Waals surface area contributed by atoms with E-state index in [0.29, 0.717) is 21.8 Å². The number of Topliss-reactive ketones (excluding diaryl/α,β-unsaturated/α-hetero) is 1. The highest BCUT2D eigenvalue weighted by atomic mass is 35.5. The number of nitrogens with one attached hydrogen (secondary N) is 1. The van der Waals surface area contributed by atoms with Crippen LogP contribution in [0.4, 0.5) is 14.6 Å². The fraction of sp³-hybridized carbons (Fsp3) is 0.150. The van der Waals surface area contributed by atoms with Crippen LogP contribution in [0.1, 0.15) is 34.0 Å². The summed E-state index contributed by atoms with van der Waals surface area (Å²) in [6.07, 6.45) is -0.0588. The summed E-state index contributed by atoms with van der Waals surface area (Å²) in [6.45, 7) is 1.67. The minimum atomic E-state index is -0.831. The number of rotatable bonds is 3. The molecular weight excluding hydrogens is 388 g/mol. The van der Waals surface area contributed by atoms with Gasteiger partial charge in [-0.15, -0.1) is 0 Å². The van der Waals surface area contributed by atoms with E-state index in [4.69, 9.17) is 11.6 Å². The summed E-state index contributed by atoms with van der Waals surface area (Å²) >= 11 is 5.98. The molecule has 4 rings (SSSR count). The van der Waals surface area contributed by atoms with Crippen LogP contribution in [-0.4, -0.2) is 21.5 Å². The number of benzene rings is 2. The monoisotopic (exact) mass is 401 g/mol. The molecule has 1 N–H and O–H groups in total. The lowest BCUT2D eigenvalue weighted by Gasteiger charge is -2.23. The van der Waals surface area contributed by atoms with Crippen LogP contribution in [0, 0.1) is 18.6 Å². The lowest BCUT2D eigenvalue weighted by molar-refractivity contribution is -0.116. The molecule has 1 aromatic heterocycles. The number of halogens is 3. The Morgan fingerprint density at radius 1 is 1.25 bits per heavy atom. The Hall–Kier alpha value is -3.06. The third kappa shape index (κ3) is 3.07. The number of hydrogen-bond acceptors (Lipinski definition) is 3. The highest BCUT2D eigenvalue weighted by molar-refractivity contribution is 6.31. The summed E-state index contributed by atoms with van der Waals surface area (Å²) in [6, 6.07) is 9.53. The number of amides is 1. The quantitative estimate of drug-likeness (QED) is 0.661. The van der Waals surface area contributed by atoms with Crippen LogP contribution in [0.2, 0.25) is 5.02 Å². The first kappa shape index (κ1) is 18.3. The first-order chi connectivity index (χ1) is 13.3. The predicted octanol–water partition coefficient (Wildman–Crippen LogP) is 4.42. The predicted molar refractivity (Wildman–Crippen MR) is 100.0 cm³/mol. The number of carbonyl (C=O) groups is 2. The van der Waals surface area contributed by atoms with Crippen LogP contribution in [0.25, 0.3) is 5.69 Å². The minimum Gasteiger partial charge on any atom is -0.310 e. The second-order valence-corrected chi connectivity index (χ2v) is 6.97. The zero-order valence-corrected chi connectivity index (χ0v) is 15.4. The molecule has 0 bridgehead atoms. The van der Waals surface area contributed by atoms with E-state index in [1.54, 1.807) is 25.1 Å². The Balaban J connectivity index is 1.84. The maximum atomic E-state index is 14.3. The first-order valence-corrected chi connectivity index (χ1v) is 8.87. The van der Waals surface area contributed by atoms with Crippen molar-refractivity contribution in [2.24, 2.45) is 0 Å². The van der Waals surface area contributed by atoms with Gasteiger partial charge in [-0.1, -0.05) is 23.7 Å². The molecule has 0 radical (unpaired) electrons. The second kappa shape index (κ2) is 6.83. The van der Waals surface area contributed by atoms with Gasteiger partial charge in [0.25, 0.3) is 0 Å². The molecule has 0 saturated heterocycles. The van der Waals surface area contributed by atoms with Crippen LogP contribution in [-0.2, 0) is 4.79 Å². The molecule has 1 atom stereocenters. The van der Waals surface area contributed by atoms with Crippen molar-refractivity contribution in [1.29, 1.82) is 0 Å². The molecule has 0 fully saturated rings. The summed E-state index contributed by atoms with van der Waals surface area (Å²) in [7, 11) is 0. The highest BCUT2D eigenvalue weighted by Crippen LogP contribution is 2.38. The Bertz CT molecular complexity index is 1130. The van der Waals surface area contributed by atoms with Gasteiger partial charge < -0.3 is 5.32 Å². The lowest BCUT2D eigenvalue weighted by Crippen LogP contribution is -2.28. The largest absolute Gasteiger partial charge is 0.310 e. The highest BCUT2D eigenvalue weighted by Gasteiger charge is 2.36. The smallest absolute Gasteiger partial charge is 0.226 e. The lowest BCUT2D eigenvalue weighted by atomic mass is 9.85. The van der Waals surface area contributed by atoms with Crippen molar-refractivity contribution in [1.82, 2.24) is 9.78 Å². The fourth-order valence-corrected chi connectivity index (χ4v) is 3.63. The van der Waals surface area contributed by atoms with Crippen molar-refractivity contribution < 1.29 is 18.4 Å². The molecule has 28 heavy (non-hydrogen) atoms. The fourth-order valence-electron chi connectivity index (χ4n) is 3.44. The van der Waals surface area contributed by atoms with Gasteiger partial charge in [-0.05, 0) is 31.2 Å². The molecule has 1 unspecified atom stereocenters. The van der Waals surface area contributed by atoms with Gasteiger partial charge >= 0.3 is 0 Å². The molecule has 1 aliphatic rings. The maximum absolute atomic E-state index is 14.3. The Kier molecular flexibility index (Phi) is 4.47. The van der Waals surface area contributed by atoms with E-state index in [2.05, 4.69) is 10.4 Å². The van der Waals surface area contributed by atoms with Gasteiger partial charge in [-0.3, -0.25) is 9.59 Å². The average Bonchev–Trinajstić information content (AvgIpc) is 2.96. The van der Waals surface area contributed by atoms with Crippen LogP contribution in [0.3, 0.4) is 0 Å². The van der Waals surface area contributed by atoms with Gasteiger partial charge in [0.2, 0.25) is 5.91 Å². The zero-order valence-electron chi connectivity index (χ0n) is 14.7. The molecule has 1 aliphatic heterocycles. The van der Waals surface area contributed by atoms with E-state index < -0.39 is 23.5 Å². The standard InChI is InChI=1S/C20H14ClF2N3O2/c1-10-18-14(19(28)11-3-2-4-12(21)7-11)9-17(27)24-20(18)26(25-10)16-6-5-13(22)8-15(16)23/h2-8,14H,9H2,1H3,(H,24,27). The number of nitrogens with zero attached hydrogens (tertiary/aromatic N) is 2. The molecular formula is C20H14ClF2N3O2. The van der Waals surface area contributed by atoms with Crippen LogP contribution < -0.4 is 5.32 Å². The molecule has 3 aromatic rings. The Morgan fingerprint density at radius 2 is 2.04 bits per heavy atom. The van der Waals surface area contributed by atoms with Gasteiger partial charge in [-0.2, -0.15) is 5.10 Å². The molecule has 2 aromatic carbocycles. The third-order valence-electron chi connectivity index (χ3n) is 4.67. The van der Waals surface area contributed by atoms with Crippen molar-refractivity contribution >= 4 is 29.1 Å². The van der Waals surface area contributed by atoms with E-state index in [0.717, 1.165) is 12.1 Å². The molecule has 8 heteroatoms. The first-order valence-electron chi connectivity index (χ1n) is 8.49. The second-order valence-electron chi connectivity index (χ2n) is 6.53. The Labute approximate surface area is 163 Å². The summed E-state index contributed by atoms with van der Waals surface area (Å²) in [5.74, 6) is -2.80. The summed E-state index contributed by atoms with van der Waals surface area (Å²) in [5, 5.41) is 7.36. The van der Waals surface area contributed by atoms with Crippen molar-refractivity contribution in [3.05, 3.63) is 75.9 Å². The average molecular weight is 402 g/mol. The summed E-state index contributed by atoms with van der Waals surface area (Å²) < 4.78 is 28.7. The van der Waals surface area contributed by atoms with Crippen molar-refractivity contribution in [3.8, 4) is 5.69 Å². The van der Waals surface area contributed by atoms with Gasteiger partial charge in [0, 0.05) is 28.6 Å². The molecule has 142 valence electrons. The van der Waals surface area contributed by atoms with Crippen molar-refractivity contribution in [2.75, 3.05) is 5.32 Å². The number of hydrogen-bond donors (Lipinski definition) is 1. The van der Waals surface area contributed by atoms with E-state index in [1.807, 2.05) is 0 Å². The number of ketones is 1. The molecule has 1 amide bonds. The third-order valence-corrected chi connectivity index (χ3v) is 4.90. The normalized spacial score (nSPS) is 15.9. The SMILES string of the molecule is Cc1nn(-c2ccc(F)cc2F)c2c1C(C(=O)c1cccc(Cl)c1)CC(=O)N2. The molecule has 2 heterocycles. The summed E-state index contributed by atoms with van der Waals surface area (Å²) in [4.78, 5) is 25.4. The van der Waals surface area contributed by atoms with E-state index in [-0.39, 0.29) is 23.7 Å². The summed E-state index contributed by atoms with van der Waals surface area (Å²) in [5.41, 5.74) is 1.33. The van der Waals surface area contributed by atoms with Gasteiger partial charge in [0.15, 0.2) is 11.6 Å². The van der Waals surface area contributed by atoms with Crippen LogP contribution in [0.15, 0.2) is 42.5 Å². The maximum Gasteiger partial charge on any atom is 0.226 e. The number of fused-ring (bicyclic) bond motifs is 1. The van der Waals surface area contributed by atoms with Gasteiger partial charge in [0.05, 0.1) is 11.6 Å². The molecule has 0 aliphatic carbocycles. The zero-order chi connectivity index (χ0) is 20.0. The number of anilines is 1. The van der Waals surface area contributed by atoms with Gasteiger partial charge in [0.1, 0.15) is 17.3 Å².